The van der Waals surface area contributed by atoms with Gasteiger partial charge < -0.3 is 0 Å². The van der Waals surface area contributed by atoms with Crippen LogP contribution in [0.1, 0.15) is 0 Å². The highest BCUT2D eigenvalue weighted by molar-refractivity contribution is 9.11. The first-order valence-electron chi connectivity index (χ1n) is 4.51. The maximum absolute atomic E-state index is 12.9. The Balaban J connectivity index is 3.24. The average molecular weight is 339 g/mol. The Morgan fingerprint density at radius 2 is 2.17 bits per heavy atom. The van der Waals surface area contributed by atoms with E-state index in [0.29, 0.717) is 10.5 Å². The van der Waals surface area contributed by atoms with Crippen molar-refractivity contribution in [2.24, 2.45) is 0 Å². The van der Waals surface area contributed by atoms with Gasteiger partial charge in [0.15, 0.2) is 4.90 Å². The maximum Gasteiger partial charge on any atom is 0.292 e. The van der Waals surface area contributed by atoms with Crippen LogP contribution in [-0.2, 0) is 10.0 Å². The third kappa shape index (κ3) is 3.59. The van der Waals surface area contributed by atoms with Crippen molar-refractivity contribution in [3.8, 4) is 0 Å². The normalized spacial score (nSPS) is 11.2. The predicted molar refractivity (Wildman–Crippen MR) is 66.3 cm³/mol. The first-order valence-corrected chi connectivity index (χ1v) is 6.78. The lowest BCUT2D eigenvalue weighted by atomic mass is 10.3. The van der Waals surface area contributed by atoms with Gasteiger partial charge in [-0.15, -0.1) is 0 Å². The number of halogens is 2. The third-order valence-electron chi connectivity index (χ3n) is 1.86. The first kappa shape index (κ1) is 14.7. The van der Waals surface area contributed by atoms with E-state index in [1.54, 1.807) is 0 Å². The van der Waals surface area contributed by atoms with Gasteiger partial charge in [0.2, 0.25) is 10.0 Å². The molecule has 0 atom stereocenters. The first-order chi connectivity index (χ1) is 8.24. The molecule has 0 aliphatic rings. The molecule has 1 aromatic rings. The Hall–Kier alpha value is -1.32. The Morgan fingerprint density at radius 1 is 1.56 bits per heavy atom. The maximum atomic E-state index is 12.9. The van der Waals surface area contributed by atoms with Crippen molar-refractivity contribution in [2.75, 3.05) is 6.54 Å². The molecule has 6 nitrogen and oxygen atoms in total. The van der Waals surface area contributed by atoms with E-state index >= 15 is 0 Å². The van der Waals surface area contributed by atoms with Gasteiger partial charge in [-0.25, -0.2) is 17.5 Å². The summed E-state index contributed by atoms with van der Waals surface area (Å²) in [6.45, 7) is 3.29. The van der Waals surface area contributed by atoms with E-state index in [9.17, 15) is 22.9 Å². The second kappa shape index (κ2) is 5.55. The highest BCUT2D eigenvalue weighted by Crippen LogP contribution is 2.24. The number of nitro groups is 1. The van der Waals surface area contributed by atoms with Gasteiger partial charge in [0.25, 0.3) is 5.69 Å². The van der Waals surface area contributed by atoms with E-state index in [1.165, 1.54) is 0 Å². The number of sulfonamides is 1. The molecule has 1 rings (SSSR count). The van der Waals surface area contributed by atoms with Crippen LogP contribution < -0.4 is 4.72 Å². The number of nitro benzene ring substituents is 1. The van der Waals surface area contributed by atoms with Gasteiger partial charge in [-0.3, -0.25) is 10.1 Å². The summed E-state index contributed by atoms with van der Waals surface area (Å²) in [6, 6.07) is 2.23. The monoisotopic (exact) mass is 338 g/mol. The van der Waals surface area contributed by atoms with Gasteiger partial charge in [-0.2, -0.15) is 0 Å². The van der Waals surface area contributed by atoms with Crippen molar-refractivity contribution < 1.29 is 17.7 Å². The van der Waals surface area contributed by atoms with Crippen LogP contribution >= 0.6 is 15.9 Å². The molecule has 1 aromatic carbocycles. The summed E-state index contributed by atoms with van der Waals surface area (Å²) in [5.41, 5.74) is -0.817. The smallest absolute Gasteiger partial charge is 0.258 e. The summed E-state index contributed by atoms with van der Waals surface area (Å²) in [4.78, 5) is 9.13. The van der Waals surface area contributed by atoms with Crippen LogP contribution in [0, 0.1) is 15.9 Å². The molecule has 0 amide bonds. The molecule has 0 spiro atoms. The topological polar surface area (TPSA) is 89.3 Å². The third-order valence-corrected chi connectivity index (χ3v) is 3.59. The summed E-state index contributed by atoms with van der Waals surface area (Å²) in [5.74, 6) is -0.884. The van der Waals surface area contributed by atoms with Crippen LogP contribution in [0.3, 0.4) is 0 Å². The number of hydrogen-bond donors (Lipinski definition) is 1. The summed E-state index contributed by atoms with van der Waals surface area (Å²) >= 11 is 2.94. The van der Waals surface area contributed by atoms with Crippen molar-refractivity contribution in [3.05, 3.63) is 45.2 Å². The van der Waals surface area contributed by atoms with Crippen molar-refractivity contribution in [1.29, 1.82) is 0 Å². The van der Waals surface area contributed by atoms with Gasteiger partial charge in [0.1, 0.15) is 5.82 Å². The van der Waals surface area contributed by atoms with Crippen LogP contribution in [0.5, 0.6) is 0 Å². The average Bonchev–Trinajstić information content (AvgIpc) is 2.26. The SMILES string of the molecule is C=C(Br)CNS(=O)(=O)c1ccc(F)cc1[N+](=O)[O-]. The Kier molecular flexibility index (Phi) is 4.54. The van der Waals surface area contributed by atoms with Gasteiger partial charge >= 0.3 is 0 Å². The van der Waals surface area contributed by atoms with Gasteiger partial charge in [0.05, 0.1) is 11.0 Å². The van der Waals surface area contributed by atoms with E-state index < -0.39 is 31.3 Å². The quantitative estimate of drug-likeness (QED) is 0.656. The Labute approximate surface area is 111 Å². The van der Waals surface area contributed by atoms with Crippen molar-refractivity contribution in [3.63, 3.8) is 0 Å². The summed E-state index contributed by atoms with van der Waals surface area (Å²) in [7, 11) is -4.10. The highest BCUT2D eigenvalue weighted by atomic mass is 79.9. The Morgan fingerprint density at radius 3 is 2.67 bits per heavy atom. The molecule has 0 aliphatic carbocycles. The fourth-order valence-electron chi connectivity index (χ4n) is 1.11. The van der Waals surface area contributed by atoms with Gasteiger partial charge in [0, 0.05) is 11.0 Å². The van der Waals surface area contributed by atoms with Gasteiger partial charge in [-0.1, -0.05) is 22.5 Å². The molecule has 98 valence electrons. The van der Waals surface area contributed by atoms with Crippen molar-refractivity contribution in [1.82, 2.24) is 4.72 Å². The molecule has 0 saturated carbocycles. The summed E-state index contributed by atoms with van der Waals surface area (Å²) in [6.07, 6.45) is 0. The molecule has 0 unspecified atom stereocenters. The fraction of sp³-hybridized carbons (Fsp3) is 0.111. The molecule has 18 heavy (non-hydrogen) atoms. The minimum absolute atomic E-state index is 0.128. The Bertz CT molecular complexity index is 603. The molecule has 0 heterocycles. The molecule has 0 fully saturated rings. The lowest BCUT2D eigenvalue weighted by Crippen LogP contribution is -2.25. The summed E-state index contributed by atoms with van der Waals surface area (Å²) < 4.78 is 38.9. The number of nitrogens with zero attached hydrogens (tertiary/aromatic N) is 1. The molecule has 0 aliphatic heterocycles. The van der Waals surface area contributed by atoms with E-state index in [1.807, 2.05) is 0 Å². The van der Waals surface area contributed by atoms with E-state index in [0.717, 1.165) is 12.1 Å². The number of nitrogens with one attached hydrogen (secondary N) is 1. The zero-order chi connectivity index (χ0) is 13.9. The lowest BCUT2D eigenvalue weighted by Gasteiger charge is -2.06. The molecule has 0 saturated heterocycles. The zero-order valence-electron chi connectivity index (χ0n) is 8.89. The predicted octanol–water partition coefficient (Wildman–Crippen LogP) is 1.92. The van der Waals surface area contributed by atoms with E-state index in [4.69, 9.17) is 0 Å². The van der Waals surface area contributed by atoms with Crippen molar-refractivity contribution >= 4 is 31.6 Å². The molecular formula is C9H8BrFN2O4S. The highest BCUT2D eigenvalue weighted by Gasteiger charge is 2.26. The molecule has 0 aromatic heterocycles. The van der Waals surface area contributed by atoms with Crippen LogP contribution in [0.25, 0.3) is 0 Å². The van der Waals surface area contributed by atoms with Crippen LogP contribution in [0.15, 0.2) is 34.2 Å². The molecular weight excluding hydrogens is 331 g/mol. The van der Waals surface area contributed by atoms with Crippen molar-refractivity contribution in [2.45, 2.75) is 4.90 Å². The number of rotatable bonds is 5. The fourth-order valence-corrected chi connectivity index (χ4v) is 2.61. The number of hydrogen-bond acceptors (Lipinski definition) is 4. The number of benzene rings is 1. The summed E-state index contributed by atoms with van der Waals surface area (Å²) in [5, 5.41) is 10.7. The van der Waals surface area contributed by atoms with Crippen LogP contribution in [0.4, 0.5) is 10.1 Å². The molecule has 0 radical (unpaired) electrons. The molecule has 1 N–H and O–H groups in total. The van der Waals surface area contributed by atoms with Crippen LogP contribution in [-0.4, -0.2) is 19.9 Å². The molecule has 0 bridgehead atoms. The second-order valence-electron chi connectivity index (χ2n) is 3.21. The van der Waals surface area contributed by atoms with Crippen LogP contribution in [0.2, 0.25) is 0 Å². The molecule has 9 heteroatoms. The minimum Gasteiger partial charge on any atom is -0.258 e. The largest absolute Gasteiger partial charge is 0.292 e. The zero-order valence-corrected chi connectivity index (χ0v) is 11.3. The second-order valence-corrected chi connectivity index (χ2v) is 6.07. The van der Waals surface area contributed by atoms with E-state index in [2.05, 4.69) is 27.2 Å². The van der Waals surface area contributed by atoms with E-state index in [-0.39, 0.29) is 6.54 Å². The van der Waals surface area contributed by atoms with Gasteiger partial charge in [-0.05, 0) is 12.1 Å². The lowest BCUT2D eigenvalue weighted by molar-refractivity contribution is -0.388. The standard InChI is InChI=1S/C9H8BrFN2O4S/c1-6(10)5-12-18(16,17)9-3-2-7(11)4-8(9)13(14)15/h2-4,12H,1,5H2. The minimum atomic E-state index is -4.10.